The number of aryl methyl sites for hydroxylation is 1. The highest BCUT2D eigenvalue weighted by molar-refractivity contribution is 6.42. The quantitative estimate of drug-likeness (QED) is 0.461. The molecule has 184 valence electrons. The molecule has 2 aromatic rings. The zero-order valence-corrected chi connectivity index (χ0v) is 21.6. The van der Waals surface area contributed by atoms with Gasteiger partial charge >= 0.3 is 0 Å². The summed E-state index contributed by atoms with van der Waals surface area (Å²) < 4.78 is 0. The summed E-state index contributed by atoms with van der Waals surface area (Å²) in [6, 6.07) is 8.86. The normalized spacial score (nSPS) is 19.4. The molecule has 1 amide bonds. The fourth-order valence-corrected chi connectivity index (χ4v) is 5.27. The van der Waals surface area contributed by atoms with E-state index in [2.05, 4.69) is 29.5 Å². The molecule has 1 aliphatic heterocycles. The Kier molecular flexibility index (Phi) is 7.36. The molecule has 0 saturated carbocycles. The molecule has 0 bridgehead atoms. The summed E-state index contributed by atoms with van der Waals surface area (Å²) in [4.78, 5) is 31.6. The SMILES string of the molecule is Cc1ccc(NC(=O)C2=C(CCCO)NC3=C(C(=O)CC(C)(C)C3)C2c2cccc(Cl)c2Cl)nc1. The van der Waals surface area contributed by atoms with Gasteiger partial charge in [0.2, 0.25) is 0 Å². The second kappa shape index (κ2) is 10.1. The lowest BCUT2D eigenvalue weighted by Crippen LogP contribution is -2.40. The Morgan fingerprint density at radius 3 is 2.69 bits per heavy atom. The van der Waals surface area contributed by atoms with Crippen molar-refractivity contribution in [2.24, 2.45) is 5.41 Å². The highest BCUT2D eigenvalue weighted by Gasteiger charge is 2.44. The van der Waals surface area contributed by atoms with Crippen molar-refractivity contribution in [3.8, 4) is 0 Å². The van der Waals surface area contributed by atoms with E-state index >= 15 is 0 Å². The zero-order valence-electron chi connectivity index (χ0n) is 20.0. The van der Waals surface area contributed by atoms with Crippen LogP contribution in [0.15, 0.2) is 59.1 Å². The molecule has 2 aliphatic rings. The number of benzene rings is 1. The molecule has 3 N–H and O–H groups in total. The number of carbonyl (C=O) groups is 2. The Balaban J connectivity index is 1.89. The molecular weight excluding hydrogens is 485 g/mol. The summed E-state index contributed by atoms with van der Waals surface area (Å²) in [5, 5.41) is 16.5. The van der Waals surface area contributed by atoms with Crippen molar-refractivity contribution < 1.29 is 14.7 Å². The molecule has 1 unspecified atom stereocenters. The number of nitrogens with zero attached hydrogens (tertiary/aromatic N) is 1. The van der Waals surface area contributed by atoms with Crippen LogP contribution in [0, 0.1) is 12.3 Å². The number of amides is 1. The largest absolute Gasteiger partial charge is 0.396 e. The van der Waals surface area contributed by atoms with Gasteiger partial charge in [-0.3, -0.25) is 9.59 Å². The van der Waals surface area contributed by atoms with Crippen molar-refractivity contribution in [1.29, 1.82) is 0 Å². The number of hydrogen-bond acceptors (Lipinski definition) is 5. The van der Waals surface area contributed by atoms with Crippen molar-refractivity contribution in [3.63, 3.8) is 0 Å². The number of halogens is 2. The van der Waals surface area contributed by atoms with E-state index in [-0.39, 0.29) is 23.7 Å². The number of aromatic nitrogens is 1. The van der Waals surface area contributed by atoms with Crippen LogP contribution in [0.1, 0.15) is 56.6 Å². The molecule has 35 heavy (non-hydrogen) atoms. The molecule has 0 radical (unpaired) electrons. The number of anilines is 1. The second-order valence-electron chi connectivity index (χ2n) is 9.93. The molecule has 1 aromatic carbocycles. The molecule has 8 heteroatoms. The third-order valence-electron chi connectivity index (χ3n) is 6.40. The maximum absolute atomic E-state index is 13.8. The van der Waals surface area contributed by atoms with Gasteiger partial charge in [0.25, 0.3) is 5.91 Å². The highest BCUT2D eigenvalue weighted by Crippen LogP contribution is 2.49. The van der Waals surface area contributed by atoms with Crippen molar-refractivity contribution in [2.75, 3.05) is 11.9 Å². The Morgan fingerprint density at radius 1 is 1.23 bits per heavy atom. The number of carbonyl (C=O) groups excluding carboxylic acids is 2. The minimum Gasteiger partial charge on any atom is -0.396 e. The predicted octanol–water partition coefficient (Wildman–Crippen LogP) is 5.69. The first-order valence-corrected chi connectivity index (χ1v) is 12.4. The van der Waals surface area contributed by atoms with Gasteiger partial charge in [-0.2, -0.15) is 0 Å². The van der Waals surface area contributed by atoms with E-state index in [0.717, 1.165) is 11.3 Å². The minimum atomic E-state index is -0.694. The Morgan fingerprint density at radius 2 is 2.00 bits per heavy atom. The summed E-state index contributed by atoms with van der Waals surface area (Å²) in [7, 11) is 0. The van der Waals surface area contributed by atoms with Gasteiger partial charge in [0.05, 0.1) is 10.0 Å². The number of dihydropyridines is 1. The average molecular weight is 514 g/mol. The van der Waals surface area contributed by atoms with Gasteiger partial charge in [0.1, 0.15) is 5.82 Å². The first-order chi connectivity index (χ1) is 16.6. The van der Waals surface area contributed by atoms with Crippen LogP contribution < -0.4 is 10.6 Å². The van der Waals surface area contributed by atoms with E-state index in [0.29, 0.717) is 64.0 Å². The van der Waals surface area contributed by atoms with Gasteiger partial charge in [0, 0.05) is 47.7 Å². The number of ketones is 1. The van der Waals surface area contributed by atoms with Gasteiger partial charge in [0.15, 0.2) is 5.78 Å². The van der Waals surface area contributed by atoms with Gasteiger partial charge in [-0.1, -0.05) is 55.2 Å². The number of hydrogen-bond donors (Lipinski definition) is 3. The zero-order chi connectivity index (χ0) is 25.3. The predicted molar refractivity (Wildman–Crippen MR) is 138 cm³/mol. The van der Waals surface area contributed by atoms with Crippen LogP contribution in [0.2, 0.25) is 10.0 Å². The standard InChI is InChI=1S/C27H29Cl2N3O3/c1-15-9-10-21(30-14-15)32-26(35)24-18(8-5-11-33)31-19-12-27(2,3)13-20(34)23(19)22(24)16-6-4-7-17(28)25(16)29/h4,6-7,9-10,14,22,31,33H,5,8,11-13H2,1-3H3,(H,30,32,35). The molecule has 4 rings (SSSR count). The number of rotatable bonds is 6. The molecule has 1 aliphatic carbocycles. The molecule has 2 heterocycles. The summed E-state index contributed by atoms with van der Waals surface area (Å²) in [6.45, 7) is 6.00. The Bertz CT molecular complexity index is 1230. The Hall–Kier alpha value is -2.67. The van der Waals surface area contributed by atoms with E-state index in [9.17, 15) is 14.7 Å². The van der Waals surface area contributed by atoms with Crippen molar-refractivity contribution >= 4 is 40.7 Å². The molecule has 0 spiro atoms. The first kappa shape index (κ1) is 25.4. The van der Waals surface area contributed by atoms with Crippen molar-refractivity contribution in [1.82, 2.24) is 10.3 Å². The fraction of sp³-hybridized carbons (Fsp3) is 0.370. The van der Waals surface area contributed by atoms with Crippen LogP contribution in [0.4, 0.5) is 5.82 Å². The summed E-state index contributed by atoms with van der Waals surface area (Å²) in [6.07, 6.45) is 3.58. The topological polar surface area (TPSA) is 91.3 Å². The number of pyridine rings is 1. The molecular formula is C27H29Cl2N3O3. The first-order valence-electron chi connectivity index (χ1n) is 11.7. The molecule has 0 fully saturated rings. The van der Waals surface area contributed by atoms with E-state index in [1.807, 2.05) is 19.1 Å². The van der Waals surface area contributed by atoms with Gasteiger partial charge in [-0.05, 0) is 54.9 Å². The number of allylic oxidation sites excluding steroid dienone is 3. The lowest BCUT2D eigenvalue weighted by atomic mass is 9.68. The van der Waals surface area contributed by atoms with Crippen LogP contribution in [0.25, 0.3) is 0 Å². The maximum atomic E-state index is 13.8. The summed E-state index contributed by atoms with van der Waals surface area (Å²) >= 11 is 13.0. The van der Waals surface area contributed by atoms with Crippen LogP contribution in [0.5, 0.6) is 0 Å². The van der Waals surface area contributed by atoms with Crippen molar-refractivity contribution in [2.45, 2.75) is 52.4 Å². The lowest BCUT2D eigenvalue weighted by molar-refractivity contribution is -0.118. The number of nitrogens with one attached hydrogen (secondary N) is 2. The van der Waals surface area contributed by atoms with Crippen LogP contribution in [-0.4, -0.2) is 28.4 Å². The smallest absolute Gasteiger partial charge is 0.255 e. The molecule has 0 saturated heterocycles. The minimum absolute atomic E-state index is 0.0234. The fourth-order valence-electron chi connectivity index (χ4n) is 4.85. The van der Waals surface area contributed by atoms with Gasteiger partial charge < -0.3 is 15.7 Å². The van der Waals surface area contributed by atoms with Crippen molar-refractivity contribution in [3.05, 3.63) is 80.2 Å². The monoisotopic (exact) mass is 513 g/mol. The molecule has 1 aromatic heterocycles. The van der Waals surface area contributed by atoms with Crippen LogP contribution in [0.3, 0.4) is 0 Å². The molecule has 6 nitrogen and oxygen atoms in total. The maximum Gasteiger partial charge on any atom is 0.255 e. The number of aliphatic hydroxyl groups excluding tert-OH is 1. The third kappa shape index (κ3) is 5.30. The number of Topliss-reactive ketones (excluding diaryl/α,β-unsaturated/α-hetero) is 1. The second-order valence-corrected chi connectivity index (χ2v) is 10.7. The van der Waals surface area contributed by atoms with E-state index in [1.54, 1.807) is 24.4 Å². The highest BCUT2D eigenvalue weighted by atomic mass is 35.5. The number of aliphatic hydroxyl groups is 1. The summed E-state index contributed by atoms with van der Waals surface area (Å²) in [5.41, 5.74) is 3.74. The third-order valence-corrected chi connectivity index (χ3v) is 7.23. The van der Waals surface area contributed by atoms with E-state index in [1.165, 1.54) is 0 Å². The van der Waals surface area contributed by atoms with E-state index in [4.69, 9.17) is 23.2 Å². The van der Waals surface area contributed by atoms with Crippen LogP contribution >= 0.6 is 23.2 Å². The summed E-state index contributed by atoms with van der Waals surface area (Å²) in [5.74, 6) is -0.696. The molecule has 1 atom stereocenters. The van der Waals surface area contributed by atoms with Gasteiger partial charge in [-0.25, -0.2) is 4.98 Å². The van der Waals surface area contributed by atoms with Crippen LogP contribution in [-0.2, 0) is 9.59 Å². The lowest BCUT2D eigenvalue weighted by Gasteiger charge is -2.40. The van der Waals surface area contributed by atoms with Gasteiger partial charge in [-0.15, -0.1) is 0 Å². The van der Waals surface area contributed by atoms with E-state index < -0.39 is 5.92 Å². The average Bonchev–Trinajstić information content (AvgIpc) is 2.79. The Labute approximate surface area is 215 Å².